The van der Waals surface area contributed by atoms with E-state index in [0.717, 1.165) is 96.3 Å². The second-order valence-corrected chi connectivity index (χ2v) is 24.1. The number of carbonyl (C=O) groups excluding carboxylic acids is 3. The number of unbranched alkanes of at least 4 members (excludes halogenated alkanes) is 41. The molecule has 83 heavy (non-hydrogen) atoms. The van der Waals surface area contributed by atoms with Gasteiger partial charge in [0.25, 0.3) is 0 Å². The molecular formula is C77H136O6. The molecule has 0 aromatic rings. The van der Waals surface area contributed by atoms with Gasteiger partial charge in [-0.1, -0.05) is 324 Å². The number of carbonyl (C=O) groups is 3. The first-order chi connectivity index (χ1) is 41.0. The quantitative estimate of drug-likeness (QED) is 0.0261. The Balaban J connectivity index is 4.08. The highest BCUT2D eigenvalue weighted by Gasteiger charge is 2.19. The zero-order chi connectivity index (χ0) is 59.9. The molecule has 0 aromatic heterocycles. The predicted octanol–water partition coefficient (Wildman–Crippen LogP) is 25.0. The van der Waals surface area contributed by atoms with Crippen molar-refractivity contribution in [1.82, 2.24) is 0 Å². The van der Waals surface area contributed by atoms with Crippen LogP contribution in [0.25, 0.3) is 0 Å². The summed E-state index contributed by atoms with van der Waals surface area (Å²) in [5.41, 5.74) is 0. The Morgan fingerprint density at radius 3 is 0.783 bits per heavy atom. The van der Waals surface area contributed by atoms with Crippen LogP contribution in [0.3, 0.4) is 0 Å². The summed E-state index contributed by atoms with van der Waals surface area (Å²) in [7, 11) is 0. The van der Waals surface area contributed by atoms with Crippen molar-refractivity contribution in [3.05, 3.63) is 85.1 Å². The van der Waals surface area contributed by atoms with E-state index in [0.29, 0.717) is 19.3 Å². The third kappa shape index (κ3) is 69.3. The van der Waals surface area contributed by atoms with Gasteiger partial charge in [-0.05, 0) is 109 Å². The molecule has 1 unspecified atom stereocenters. The highest BCUT2D eigenvalue weighted by atomic mass is 16.6. The molecule has 0 saturated carbocycles. The monoisotopic (exact) mass is 1160 g/mol. The second-order valence-electron chi connectivity index (χ2n) is 24.1. The lowest BCUT2D eigenvalue weighted by atomic mass is 10.0. The molecule has 0 saturated heterocycles. The van der Waals surface area contributed by atoms with Crippen molar-refractivity contribution in [2.75, 3.05) is 13.2 Å². The summed E-state index contributed by atoms with van der Waals surface area (Å²) in [6.07, 6.45) is 94.9. The van der Waals surface area contributed by atoms with Crippen molar-refractivity contribution in [2.45, 2.75) is 374 Å². The second kappa shape index (κ2) is 71.1. The van der Waals surface area contributed by atoms with Crippen molar-refractivity contribution in [3.8, 4) is 0 Å². The Labute approximate surface area is 515 Å². The van der Waals surface area contributed by atoms with Crippen molar-refractivity contribution < 1.29 is 28.6 Å². The smallest absolute Gasteiger partial charge is 0.306 e. The molecule has 0 radical (unpaired) electrons. The molecule has 6 nitrogen and oxygen atoms in total. The zero-order valence-corrected chi connectivity index (χ0v) is 55.2. The van der Waals surface area contributed by atoms with Gasteiger partial charge >= 0.3 is 17.9 Å². The van der Waals surface area contributed by atoms with E-state index in [9.17, 15) is 14.4 Å². The average Bonchev–Trinajstić information content (AvgIpc) is 3.48. The molecule has 0 amide bonds. The minimum absolute atomic E-state index is 0.0760. The van der Waals surface area contributed by atoms with E-state index < -0.39 is 6.10 Å². The molecule has 0 aromatic carbocycles. The van der Waals surface area contributed by atoms with Crippen LogP contribution in [0.4, 0.5) is 0 Å². The number of hydrogen-bond donors (Lipinski definition) is 0. The largest absolute Gasteiger partial charge is 0.462 e. The number of esters is 3. The molecule has 0 aliphatic carbocycles. The number of allylic oxidation sites excluding steroid dienone is 14. The molecule has 0 heterocycles. The van der Waals surface area contributed by atoms with Crippen molar-refractivity contribution >= 4 is 17.9 Å². The lowest BCUT2D eigenvalue weighted by Crippen LogP contribution is -2.30. The Bertz CT molecular complexity index is 1570. The number of hydrogen-bond acceptors (Lipinski definition) is 6. The zero-order valence-electron chi connectivity index (χ0n) is 55.2. The van der Waals surface area contributed by atoms with E-state index in [1.54, 1.807) is 0 Å². The Kier molecular flexibility index (Phi) is 68.2. The van der Waals surface area contributed by atoms with Gasteiger partial charge in [0.2, 0.25) is 0 Å². The van der Waals surface area contributed by atoms with E-state index >= 15 is 0 Å². The molecule has 0 bridgehead atoms. The van der Waals surface area contributed by atoms with Gasteiger partial charge in [0, 0.05) is 19.3 Å². The maximum atomic E-state index is 12.9. The molecule has 1 atom stereocenters. The first kappa shape index (κ1) is 79.6. The molecule has 0 N–H and O–H groups in total. The van der Waals surface area contributed by atoms with Gasteiger partial charge < -0.3 is 14.2 Å². The van der Waals surface area contributed by atoms with Crippen LogP contribution in [0.2, 0.25) is 0 Å². The van der Waals surface area contributed by atoms with Crippen molar-refractivity contribution in [1.29, 1.82) is 0 Å². The maximum Gasteiger partial charge on any atom is 0.306 e. The molecule has 0 aliphatic rings. The van der Waals surface area contributed by atoms with Gasteiger partial charge in [-0.15, -0.1) is 0 Å². The van der Waals surface area contributed by atoms with Gasteiger partial charge in [-0.3, -0.25) is 14.4 Å². The van der Waals surface area contributed by atoms with Gasteiger partial charge in [-0.25, -0.2) is 0 Å². The van der Waals surface area contributed by atoms with E-state index in [4.69, 9.17) is 14.2 Å². The topological polar surface area (TPSA) is 78.9 Å². The van der Waals surface area contributed by atoms with E-state index in [1.807, 2.05) is 0 Å². The van der Waals surface area contributed by atoms with Crippen molar-refractivity contribution in [2.24, 2.45) is 0 Å². The Morgan fingerprint density at radius 2 is 0.482 bits per heavy atom. The summed E-state index contributed by atoms with van der Waals surface area (Å²) in [5, 5.41) is 0. The first-order valence-electron chi connectivity index (χ1n) is 36.1. The van der Waals surface area contributed by atoms with Crippen LogP contribution >= 0.6 is 0 Å². The fraction of sp³-hybridized carbons (Fsp3) is 0.779. The summed E-state index contributed by atoms with van der Waals surface area (Å²) in [5.74, 6) is -0.871. The third-order valence-electron chi connectivity index (χ3n) is 15.9. The van der Waals surface area contributed by atoms with E-state index in [-0.39, 0.29) is 31.1 Å². The van der Waals surface area contributed by atoms with E-state index in [1.165, 1.54) is 231 Å². The summed E-state index contributed by atoms with van der Waals surface area (Å²) in [6.45, 7) is 6.50. The number of rotatable bonds is 66. The molecule has 6 heteroatoms. The van der Waals surface area contributed by atoms with Gasteiger partial charge in [0.05, 0.1) is 0 Å². The van der Waals surface area contributed by atoms with Gasteiger partial charge in [-0.2, -0.15) is 0 Å². The van der Waals surface area contributed by atoms with Gasteiger partial charge in [0.15, 0.2) is 6.10 Å². The molecule has 0 fully saturated rings. The van der Waals surface area contributed by atoms with Crippen LogP contribution in [-0.4, -0.2) is 37.2 Å². The molecule has 480 valence electrons. The Morgan fingerprint density at radius 1 is 0.253 bits per heavy atom. The van der Waals surface area contributed by atoms with Gasteiger partial charge in [0.1, 0.15) is 13.2 Å². The lowest BCUT2D eigenvalue weighted by Gasteiger charge is -2.18. The lowest BCUT2D eigenvalue weighted by molar-refractivity contribution is -0.167. The normalized spacial score (nSPS) is 12.6. The first-order valence-corrected chi connectivity index (χ1v) is 36.1. The number of ether oxygens (including phenoxy) is 3. The van der Waals surface area contributed by atoms with Crippen LogP contribution in [0.1, 0.15) is 367 Å². The minimum atomic E-state index is -0.780. The predicted molar refractivity (Wildman–Crippen MR) is 362 cm³/mol. The minimum Gasteiger partial charge on any atom is -0.462 e. The van der Waals surface area contributed by atoms with Crippen LogP contribution < -0.4 is 0 Å². The Hall–Kier alpha value is -3.41. The summed E-state index contributed by atoms with van der Waals surface area (Å²) in [6, 6.07) is 0. The summed E-state index contributed by atoms with van der Waals surface area (Å²) < 4.78 is 16.9. The summed E-state index contributed by atoms with van der Waals surface area (Å²) >= 11 is 0. The fourth-order valence-electron chi connectivity index (χ4n) is 10.4. The molecular weight excluding hydrogens is 1020 g/mol. The highest BCUT2D eigenvalue weighted by molar-refractivity contribution is 5.71. The molecule has 0 spiro atoms. The van der Waals surface area contributed by atoms with E-state index in [2.05, 4.69) is 106 Å². The standard InChI is InChI=1S/C77H136O6/c1-4-7-10-13-16-19-22-24-26-28-30-31-32-33-34-35-36-37-38-39-40-41-42-43-44-45-47-48-50-52-55-58-61-64-67-70-76(79)82-73-74(72-81-75(78)69-66-63-60-57-54-21-18-15-12-9-6-3)83-77(80)71-68-65-62-59-56-53-51-49-46-29-27-25-23-20-17-14-11-8-5-2/h7,10,15-20,24-27,30-31,74H,4-6,8-9,11-14,21-23,28-29,32-73H2,1-3H3/b10-7-,18-15-,19-16-,20-17-,26-24-,27-25-,31-30-. The SMILES string of the molecule is CC/C=C\C/C=C\C/C=C\C/C=C\CCCCCCCCCCCCCCCCCCCCCCCCC(=O)OCC(COC(=O)CCCCCCC/C=C\CCCC)OC(=O)CCCCCCCCCCC/C=C\C/C=C\CCCCC. The third-order valence-corrected chi connectivity index (χ3v) is 15.9. The average molecular weight is 1160 g/mol. The fourth-order valence-corrected chi connectivity index (χ4v) is 10.4. The highest BCUT2D eigenvalue weighted by Crippen LogP contribution is 2.18. The molecule has 0 rings (SSSR count). The summed E-state index contributed by atoms with van der Waals surface area (Å²) in [4.78, 5) is 38.3. The van der Waals surface area contributed by atoms with Crippen LogP contribution in [0.15, 0.2) is 85.1 Å². The molecule has 0 aliphatic heterocycles. The van der Waals surface area contributed by atoms with Crippen LogP contribution in [0.5, 0.6) is 0 Å². The van der Waals surface area contributed by atoms with Crippen LogP contribution in [0, 0.1) is 0 Å². The maximum absolute atomic E-state index is 12.9. The van der Waals surface area contributed by atoms with Crippen LogP contribution in [-0.2, 0) is 28.6 Å². The van der Waals surface area contributed by atoms with Crippen molar-refractivity contribution in [3.63, 3.8) is 0 Å².